The van der Waals surface area contributed by atoms with Gasteiger partial charge in [0.25, 0.3) is 0 Å². The molecule has 0 atom stereocenters. The van der Waals surface area contributed by atoms with Crippen LogP contribution in [-0.2, 0) is 14.2 Å². The summed E-state index contributed by atoms with van der Waals surface area (Å²) in [5, 5.41) is 0. The van der Waals surface area contributed by atoms with Gasteiger partial charge in [0.2, 0.25) is 0 Å². The first kappa shape index (κ1) is 16.9. The van der Waals surface area contributed by atoms with Crippen LogP contribution < -0.4 is 0 Å². The van der Waals surface area contributed by atoms with E-state index in [4.69, 9.17) is 14.2 Å². The highest BCUT2D eigenvalue weighted by Crippen LogP contribution is 2.12. The Morgan fingerprint density at radius 3 is 2.11 bits per heavy atom. The number of likely N-dealkylation sites (tertiary alicyclic amines) is 1. The lowest BCUT2D eigenvalue weighted by molar-refractivity contribution is 0.00796. The van der Waals surface area contributed by atoms with Gasteiger partial charge in [-0.2, -0.15) is 0 Å². The normalized spacial score (nSPS) is 18.0. The van der Waals surface area contributed by atoms with Crippen molar-refractivity contribution in [2.75, 3.05) is 53.7 Å². The molecule has 1 saturated heterocycles. The van der Waals surface area contributed by atoms with Gasteiger partial charge in [-0.1, -0.05) is 0 Å². The van der Waals surface area contributed by atoms with E-state index in [1.165, 1.54) is 25.9 Å². The Hall–Kier alpha value is -0.160. The summed E-state index contributed by atoms with van der Waals surface area (Å²) in [6, 6.07) is 0. The molecule has 0 aromatic carbocycles. The number of unbranched alkanes of at least 4 members (excludes halogenated alkanes) is 2. The van der Waals surface area contributed by atoms with Gasteiger partial charge >= 0.3 is 0 Å². The van der Waals surface area contributed by atoms with Crippen LogP contribution in [0.15, 0.2) is 0 Å². The van der Waals surface area contributed by atoms with Crippen LogP contribution in [0.3, 0.4) is 0 Å². The second kappa shape index (κ2) is 11.6. The molecule has 1 heterocycles. The number of nitrogens with zero attached hydrogens (tertiary/aromatic N) is 1. The third-order valence-electron chi connectivity index (χ3n) is 3.59. The molecular formula is C15H31NO3. The molecule has 19 heavy (non-hydrogen) atoms. The van der Waals surface area contributed by atoms with Crippen molar-refractivity contribution in [1.29, 1.82) is 0 Å². The van der Waals surface area contributed by atoms with E-state index in [9.17, 15) is 0 Å². The quantitative estimate of drug-likeness (QED) is 0.541. The maximum Gasteiger partial charge on any atom is 0.0599 e. The lowest BCUT2D eigenvalue weighted by Gasteiger charge is -2.28. The maximum atomic E-state index is 5.89. The molecule has 4 heteroatoms. The summed E-state index contributed by atoms with van der Waals surface area (Å²) in [5.74, 6) is 0. The fourth-order valence-corrected chi connectivity index (χ4v) is 2.26. The maximum absolute atomic E-state index is 5.89. The summed E-state index contributed by atoms with van der Waals surface area (Å²) in [7, 11) is 3.92. The Bertz CT molecular complexity index is 194. The molecule has 1 rings (SSSR count). The Balaban J connectivity index is 1.76. The van der Waals surface area contributed by atoms with Crippen LogP contribution in [0.5, 0.6) is 0 Å². The zero-order valence-corrected chi connectivity index (χ0v) is 12.7. The highest BCUT2D eigenvalue weighted by Gasteiger charge is 2.16. The van der Waals surface area contributed by atoms with Gasteiger partial charge in [-0.25, -0.2) is 0 Å². The molecule has 0 amide bonds. The standard InChI is InChI=1S/C15H31NO3/c1-16-9-7-15(8-10-16)19-14-6-5-13-18-12-4-3-11-17-2/h15H,3-14H2,1-2H3. The minimum atomic E-state index is 0.492. The van der Waals surface area contributed by atoms with Crippen molar-refractivity contribution in [3.63, 3.8) is 0 Å². The van der Waals surface area contributed by atoms with Gasteiger partial charge in [0, 0.05) is 46.6 Å². The van der Waals surface area contributed by atoms with Gasteiger partial charge < -0.3 is 19.1 Å². The average molecular weight is 273 g/mol. The zero-order chi connectivity index (χ0) is 13.8. The SMILES string of the molecule is COCCCCOCCCCOC1CCN(C)CC1. The number of ether oxygens (including phenoxy) is 3. The summed E-state index contributed by atoms with van der Waals surface area (Å²) < 4.78 is 16.5. The van der Waals surface area contributed by atoms with Crippen molar-refractivity contribution >= 4 is 0 Å². The molecule has 0 aliphatic carbocycles. The van der Waals surface area contributed by atoms with Crippen LogP contribution in [0, 0.1) is 0 Å². The molecule has 0 saturated carbocycles. The molecule has 1 fully saturated rings. The van der Waals surface area contributed by atoms with E-state index >= 15 is 0 Å². The predicted molar refractivity (Wildman–Crippen MR) is 77.6 cm³/mol. The summed E-state index contributed by atoms with van der Waals surface area (Å²) >= 11 is 0. The summed E-state index contributed by atoms with van der Waals surface area (Å²) in [6.07, 6.45) is 7.28. The van der Waals surface area contributed by atoms with E-state index in [-0.39, 0.29) is 0 Å². The van der Waals surface area contributed by atoms with Crippen molar-refractivity contribution in [3.05, 3.63) is 0 Å². The lowest BCUT2D eigenvalue weighted by atomic mass is 10.1. The lowest BCUT2D eigenvalue weighted by Crippen LogP contribution is -2.34. The Kier molecular flexibility index (Phi) is 10.4. The van der Waals surface area contributed by atoms with Crippen LogP contribution in [0.2, 0.25) is 0 Å². The van der Waals surface area contributed by atoms with Crippen LogP contribution in [0.1, 0.15) is 38.5 Å². The summed E-state index contributed by atoms with van der Waals surface area (Å²) in [4.78, 5) is 2.37. The monoisotopic (exact) mass is 273 g/mol. The third-order valence-corrected chi connectivity index (χ3v) is 3.59. The van der Waals surface area contributed by atoms with E-state index in [2.05, 4.69) is 11.9 Å². The Morgan fingerprint density at radius 1 is 0.895 bits per heavy atom. The Morgan fingerprint density at radius 2 is 1.47 bits per heavy atom. The molecule has 4 nitrogen and oxygen atoms in total. The van der Waals surface area contributed by atoms with E-state index < -0.39 is 0 Å². The largest absolute Gasteiger partial charge is 0.385 e. The van der Waals surface area contributed by atoms with Crippen LogP contribution >= 0.6 is 0 Å². The van der Waals surface area contributed by atoms with Crippen molar-refractivity contribution < 1.29 is 14.2 Å². The van der Waals surface area contributed by atoms with Gasteiger partial charge in [-0.15, -0.1) is 0 Å². The van der Waals surface area contributed by atoms with Crippen LogP contribution in [0.4, 0.5) is 0 Å². The van der Waals surface area contributed by atoms with Gasteiger partial charge in [0.1, 0.15) is 0 Å². The number of rotatable bonds is 11. The molecular weight excluding hydrogens is 242 g/mol. The van der Waals surface area contributed by atoms with E-state index in [0.29, 0.717) is 6.10 Å². The predicted octanol–water partition coefficient (Wildman–Crippen LogP) is 2.32. The highest BCUT2D eigenvalue weighted by molar-refractivity contribution is 4.69. The van der Waals surface area contributed by atoms with Crippen molar-refractivity contribution in [2.24, 2.45) is 0 Å². The first-order chi connectivity index (χ1) is 9.33. The molecule has 0 aromatic rings. The van der Waals surface area contributed by atoms with E-state index in [0.717, 1.165) is 52.1 Å². The first-order valence-electron chi connectivity index (χ1n) is 7.69. The van der Waals surface area contributed by atoms with Crippen molar-refractivity contribution in [3.8, 4) is 0 Å². The minimum Gasteiger partial charge on any atom is -0.385 e. The molecule has 0 N–H and O–H groups in total. The highest BCUT2D eigenvalue weighted by atomic mass is 16.5. The van der Waals surface area contributed by atoms with Crippen molar-refractivity contribution in [1.82, 2.24) is 4.90 Å². The molecule has 0 aromatic heterocycles. The molecule has 0 bridgehead atoms. The van der Waals surface area contributed by atoms with Gasteiger partial charge in [0.05, 0.1) is 6.10 Å². The van der Waals surface area contributed by atoms with Crippen LogP contribution in [-0.4, -0.2) is 64.7 Å². The van der Waals surface area contributed by atoms with E-state index in [1.54, 1.807) is 7.11 Å². The summed E-state index contributed by atoms with van der Waals surface area (Å²) in [5.41, 5.74) is 0. The third kappa shape index (κ3) is 9.38. The topological polar surface area (TPSA) is 30.9 Å². The minimum absolute atomic E-state index is 0.492. The second-order valence-electron chi connectivity index (χ2n) is 5.39. The molecule has 0 unspecified atom stereocenters. The first-order valence-corrected chi connectivity index (χ1v) is 7.69. The fraction of sp³-hybridized carbons (Fsp3) is 1.00. The van der Waals surface area contributed by atoms with Gasteiger partial charge in [0.15, 0.2) is 0 Å². The number of methoxy groups -OCH3 is 1. The average Bonchev–Trinajstić information content (AvgIpc) is 2.43. The molecule has 1 aliphatic heterocycles. The molecule has 1 aliphatic rings. The smallest absolute Gasteiger partial charge is 0.0599 e. The molecule has 114 valence electrons. The number of hydrogen-bond donors (Lipinski definition) is 0. The van der Waals surface area contributed by atoms with Crippen LogP contribution in [0.25, 0.3) is 0 Å². The van der Waals surface area contributed by atoms with E-state index in [1.807, 2.05) is 0 Å². The zero-order valence-electron chi connectivity index (χ0n) is 12.7. The summed E-state index contributed by atoms with van der Waals surface area (Å²) in [6.45, 7) is 5.81. The van der Waals surface area contributed by atoms with Gasteiger partial charge in [-0.3, -0.25) is 0 Å². The van der Waals surface area contributed by atoms with Crippen molar-refractivity contribution in [2.45, 2.75) is 44.6 Å². The second-order valence-corrected chi connectivity index (χ2v) is 5.39. The Labute approximate surface area is 118 Å². The molecule has 0 spiro atoms. The molecule has 0 radical (unpaired) electrons. The van der Waals surface area contributed by atoms with Gasteiger partial charge in [-0.05, 0) is 45.6 Å². The number of hydrogen-bond acceptors (Lipinski definition) is 4. The number of piperidine rings is 1. The fourth-order valence-electron chi connectivity index (χ4n) is 2.26.